The number of benzene rings is 2. The lowest BCUT2D eigenvalue weighted by molar-refractivity contribution is 0.0907. The van der Waals surface area contributed by atoms with Gasteiger partial charge in [0.1, 0.15) is 17.2 Å². The lowest BCUT2D eigenvalue weighted by Crippen LogP contribution is -2.42. The summed E-state index contributed by atoms with van der Waals surface area (Å²) in [7, 11) is 0. The second kappa shape index (κ2) is 9.44. The van der Waals surface area contributed by atoms with E-state index in [9.17, 15) is 14.7 Å². The van der Waals surface area contributed by atoms with Crippen molar-refractivity contribution in [2.75, 3.05) is 0 Å². The number of aryl methyl sites for hydroxylation is 2. The van der Waals surface area contributed by atoms with Crippen LogP contribution in [0.25, 0.3) is 10.9 Å². The zero-order valence-corrected chi connectivity index (χ0v) is 19.6. The van der Waals surface area contributed by atoms with E-state index in [4.69, 9.17) is 14.6 Å². The number of aromatic amines is 1. The van der Waals surface area contributed by atoms with Crippen molar-refractivity contribution in [2.45, 2.75) is 47.6 Å². The highest BCUT2D eigenvalue weighted by molar-refractivity contribution is 5.97. The first-order chi connectivity index (χ1) is 15.5. The van der Waals surface area contributed by atoms with Gasteiger partial charge in [0.2, 0.25) is 5.88 Å². The number of rotatable bonds is 7. The van der Waals surface area contributed by atoms with Crippen LogP contribution in [0.2, 0.25) is 0 Å². The Kier molecular flexibility index (Phi) is 6.86. The fourth-order valence-corrected chi connectivity index (χ4v) is 4.09. The summed E-state index contributed by atoms with van der Waals surface area (Å²) >= 11 is 0. The minimum absolute atomic E-state index is 0.0378. The lowest BCUT2D eigenvalue weighted by Gasteiger charge is -2.26. The predicted molar refractivity (Wildman–Crippen MR) is 126 cm³/mol. The molecular weight excluding hydrogens is 424 g/mol. The number of hydrogen-bond donors (Lipinski definition) is 4. The maximum Gasteiger partial charge on any atom is 0.512 e. The van der Waals surface area contributed by atoms with Gasteiger partial charge in [-0.25, -0.2) is 4.79 Å². The van der Waals surface area contributed by atoms with Crippen LogP contribution in [0, 0.1) is 25.7 Å². The number of ether oxygens (including phenoxy) is 2. The van der Waals surface area contributed by atoms with Crippen LogP contribution in [0.3, 0.4) is 0 Å². The van der Waals surface area contributed by atoms with Crippen LogP contribution in [0.5, 0.6) is 23.1 Å². The molecule has 2 aromatic carbocycles. The van der Waals surface area contributed by atoms with E-state index in [0.29, 0.717) is 17.0 Å². The first-order valence-corrected chi connectivity index (χ1v) is 10.8. The Labute approximate surface area is 192 Å². The number of phenolic OH excluding ortho intramolecular Hbond substituents is 1. The number of nitrogens with one attached hydrogen (secondary N) is 2. The summed E-state index contributed by atoms with van der Waals surface area (Å²) in [6, 6.07) is 7.93. The van der Waals surface area contributed by atoms with Gasteiger partial charge < -0.3 is 30.0 Å². The van der Waals surface area contributed by atoms with Crippen LogP contribution in [-0.4, -0.2) is 33.3 Å². The molecule has 0 saturated carbocycles. The fourth-order valence-electron chi connectivity index (χ4n) is 4.09. The summed E-state index contributed by atoms with van der Waals surface area (Å²) in [5.41, 5.74) is 2.43. The highest BCUT2D eigenvalue weighted by Gasteiger charge is 2.23. The van der Waals surface area contributed by atoms with Gasteiger partial charge in [-0.1, -0.05) is 27.7 Å². The van der Waals surface area contributed by atoms with Gasteiger partial charge in [0.15, 0.2) is 0 Å². The third-order valence-corrected chi connectivity index (χ3v) is 5.65. The quantitative estimate of drug-likeness (QED) is 0.337. The number of H-pyrrole nitrogens is 1. The van der Waals surface area contributed by atoms with Crippen molar-refractivity contribution < 1.29 is 29.3 Å². The van der Waals surface area contributed by atoms with Crippen molar-refractivity contribution in [1.82, 2.24) is 10.3 Å². The maximum atomic E-state index is 12.9. The van der Waals surface area contributed by atoms with Crippen molar-refractivity contribution in [3.63, 3.8) is 0 Å². The molecule has 1 amide bonds. The number of phenols is 1. The Morgan fingerprint density at radius 3 is 2.30 bits per heavy atom. The van der Waals surface area contributed by atoms with Crippen molar-refractivity contribution in [3.05, 3.63) is 47.0 Å². The summed E-state index contributed by atoms with van der Waals surface area (Å²) < 4.78 is 10.8. The average Bonchev–Trinajstić information content (AvgIpc) is 3.11. The molecule has 0 aliphatic rings. The lowest BCUT2D eigenvalue weighted by atomic mass is 9.93. The first-order valence-electron chi connectivity index (χ1n) is 10.8. The predicted octanol–water partition coefficient (Wildman–Crippen LogP) is 5.75. The molecular formula is C25H30N2O6. The minimum Gasteiger partial charge on any atom is -0.507 e. The number of aromatic hydroxyl groups is 1. The van der Waals surface area contributed by atoms with Gasteiger partial charge in [-0.2, -0.15) is 0 Å². The van der Waals surface area contributed by atoms with Crippen LogP contribution in [0.1, 0.15) is 49.2 Å². The molecule has 1 heterocycles. The highest BCUT2D eigenvalue weighted by atomic mass is 16.7. The Bertz CT molecular complexity index is 1190. The molecule has 0 bridgehead atoms. The molecule has 33 heavy (non-hydrogen) atoms. The fraction of sp³-hybridized carbons (Fsp3) is 0.360. The molecule has 8 heteroatoms. The number of aromatic nitrogens is 1. The van der Waals surface area contributed by atoms with E-state index in [-0.39, 0.29) is 41.0 Å². The average molecular weight is 455 g/mol. The van der Waals surface area contributed by atoms with E-state index in [1.54, 1.807) is 12.1 Å². The van der Waals surface area contributed by atoms with E-state index >= 15 is 0 Å². The molecule has 8 nitrogen and oxygen atoms in total. The van der Waals surface area contributed by atoms with Crippen LogP contribution in [0.4, 0.5) is 4.79 Å². The Hall–Kier alpha value is -3.68. The highest BCUT2D eigenvalue weighted by Crippen LogP contribution is 2.37. The van der Waals surface area contributed by atoms with E-state index < -0.39 is 6.16 Å². The van der Waals surface area contributed by atoms with Crippen molar-refractivity contribution in [2.24, 2.45) is 11.8 Å². The molecule has 3 aromatic rings. The largest absolute Gasteiger partial charge is 0.512 e. The normalized spacial score (nSPS) is 11.4. The van der Waals surface area contributed by atoms with Gasteiger partial charge >= 0.3 is 6.16 Å². The molecule has 176 valence electrons. The second-order valence-corrected chi connectivity index (χ2v) is 8.88. The Morgan fingerprint density at radius 1 is 1.03 bits per heavy atom. The van der Waals surface area contributed by atoms with Crippen LogP contribution >= 0.6 is 0 Å². The van der Waals surface area contributed by atoms with Crippen molar-refractivity contribution in [3.8, 4) is 23.1 Å². The van der Waals surface area contributed by atoms with Crippen LogP contribution < -0.4 is 14.8 Å². The van der Waals surface area contributed by atoms with Gasteiger partial charge in [-0.3, -0.25) is 4.79 Å². The number of carbonyl (C=O) groups is 2. The maximum absolute atomic E-state index is 12.9. The third-order valence-electron chi connectivity index (χ3n) is 5.65. The molecule has 0 aliphatic carbocycles. The molecule has 0 aliphatic heterocycles. The summed E-state index contributed by atoms with van der Waals surface area (Å²) in [5, 5.41) is 22.9. The zero-order valence-electron chi connectivity index (χ0n) is 19.6. The van der Waals surface area contributed by atoms with E-state index in [2.05, 4.69) is 10.3 Å². The van der Waals surface area contributed by atoms with Crippen LogP contribution in [-0.2, 0) is 0 Å². The van der Waals surface area contributed by atoms with E-state index in [1.165, 1.54) is 12.1 Å². The van der Waals surface area contributed by atoms with Crippen LogP contribution in [0.15, 0.2) is 30.3 Å². The molecule has 0 saturated heterocycles. The topological polar surface area (TPSA) is 121 Å². The molecule has 0 fully saturated rings. The van der Waals surface area contributed by atoms with E-state index in [1.807, 2.05) is 47.6 Å². The number of fused-ring (bicyclic) bond motifs is 1. The Balaban J connectivity index is 1.92. The van der Waals surface area contributed by atoms with Gasteiger partial charge in [-0.15, -0.1) is 0 Å². The molecule has 1 aromatic heterocycles. The summed E-state index contributed by atoms with van der Waals surface area (Å²) in [6.45, 7) is 11.9. The number of hydrogen-bond acceptors (Lipinski definition) is 5. The molecule has 3 rings (SSSR count). The smallest absolute Gasteiger partial charge is 0.507 e. The molecule has 0 atom stereocenters. The van der Waals surface area contributed by atoms with E-state index in [0.717, 1.165) is 16.5 Å². The molecule has 4 N–H and O–H groups in total. The van der Waals surface area contributed by atoms with Gasteiger partial charge in [0.05, 0.1) is 5.56 Å². The standard InChI is InChI=1S/C25H30N2O6/c1-12(2)22(13(3)4)27-24(29)18-10-16(7-8-20(18)28)32-23-14(5)9-19-17(15(23)6)11-21(26-19)33-25(30)31/h7-13,22,26,28H,1-6H3,(H,27,29)(H,30,31). The van der Waals surface area contributed by atoms with Gasteiger partial charge in [0.25, 0.3) is 5.91 Å². The molecule has 0 unspecified atom stereocenters. The zero-order chi connectivity index (χ0) is 24.4. The number of amides is 1. The minimum atomic E-state index is -1.40. The number of carbonyl (C=O) groups excluding carboxylic acids is 1. The van der Waals surface area contributed by atoms with Crippen molar-refractivity contribution >= 4 is 23.0 Å². The first kappa shape index (κ1) is 24.0. The second-order valence-electron chi connectivity index (χ2n) is 8.88. The van der Waals surface area contributed by atoms with Gasteiger partial charge in [-0.05, 0) is 55.5 Å². The third kappa shape index (κ3) is 5.22. The molecule has 0 radical (unpaired) electrons. The van der Waals surface area contributed by atoms with Gasteiger partial charge in [0, 0.05) is 28.6 Å². The van der Waals surface area contributed by atoms with Crippen molar-refractivity contribution in [1.29, 1.82) is 0 Å². The summed E-state index contributed by atoms with van der Waals surface area (Å²) in [5.74, 6) is 1.07. The molecule has 0 spiro atoms. The number of carboxylic acid groups (broad SMARTS) is 1. The monoisotopic (exact) mass is 454 g/mol. The SMILES string of the molecule is Cc1cc2[nH]c(OC(=O)O)cc2c(C)c1Oc1ccc(O)c(C(=O)NC(C(C)C)C(C)C)c1. The summed E-state index contributed by atoms with van der Waals surface area (Å²) in [6.07, 6.45) is -1.40. The summed E-state index contributed by atoms with van der Waals surface area (Å²) in [4.78, 5) is 26.7. The Morgan fingerprint density at radius 2 is 1.70 bits per heavy atom.